The third-order valence-corrected chi connectivity index (χ3v) is 4.36. The SMILES string of the molecule is CC(=O)N1CCc2cc3c(cc2C1C#N)CCCC3. The van der Waals surface area contributed by atoms with Gasteiger partial charge in [0.25, 0.3) is 0 Å². The highest BCUT2D eigenvalue weighted by Gasteiger charge is 2.30. The van der Waals surface area contributed by atoms with Gasteiger partial charge in [0, 0.05) is 13.5 Å². The van der Waals surface area contributed by atoms with Crippen molar-refractivity contribution in [2.24, 2.45) is 0 Å². The number of carbonyl (C=O) groups is 1. The molecule has 1 heterocycles. The Morgan fingerprint density at radius 3 is 2.53 bits per heavy atom. The van der Waals surface area contributed by atoms with Crippen molar-refractivity contribution in [3.8, 4) is 6.07 Å². The monoisotopic (exact) mass is 254 g/mol. The quantitative estimate of drug-likeness (QED) is 0.714. The van der Waals surface area contributed by atoms with Crippen LogP contribution in [0, 0.1) is 11.3 Å². The lowest BCUT2D eigenvalue weighted by Crippen LogP contribution is -2.38. The summed E-state index contributed by atoms with van der Waals surface area (Å²) in [6, 6.07) is 6.38. The van der Waals surface area contributed by atoms with E-state index >= 15 is 0 Å². The number of benzene rings is 1. The maximum absolute atomic E-state index is 11.6. The van der Waals surface area contributed by atoms with Crippen LogP contribution < -0.4 is 0 Å². The molecule has 2 aliphatic rings. The smallest absolute Gasteiger partial charge is 0.220 e. The lowest BCUT2D eigenvalue weighted by Gasteiger charge is -2.34. The third-order valence-electron chi connectivity index (χ3n) is 4.36. The molecule has 0 saturated heterocycles. The van der Waals surface area contributed by atoms with E-state index in [0.717, 1.165) is 24.8 Å². The van der Waals surface area contributed by atoms with Crippen molar-refractivity contribution in [1.29, 1.82) is 5.26 Å². The van der Waals surface area contributed by atoms with Crippen LogP contribution >= 0.6 is 0 Å². The fourth-order valence-electron chi connectivity index (χ4n) is 3.34. The van der Waals surface area contributed by atoms with Gasteiger partial charge in [-0.05, 0) is 54.4 Å². The summed E-state index contributed by atoms with van der Waals surface area (Å²) in [7, 11) is 0. The second kappa shape index (κ2) is 4.70. The van der Waals surface area contributed by atoms with Crippen molar-refractivity contribution in [2.45, 2.75) is 45.1 Å². The minimum absolute atomic E-state index is 0.00470. The van der Waals surface area contributed by atoms with Crippen LogP contribution in [0.25, 0.3) is 0 Å². The zero-order valence-electron chi connectivity index (χ0n) is 11.3. The van der Waals surface area contributed by atoms with Crippen LogP contribution in [0.3, 0.4) is 0 Å². The van der Waals surface area contributed by atoms with Crippen LogP contribution in [-0.4, -0.2) is 17.4 Å². The first-order valence-corrected chi connectivity index (χ1v) is 7.02. The number of nitrogens with zero attached hydrogens (tertiary/aromatic N) is 2. The van der Waals surface area contributed by atoms with Crippen LogP contribution in [0.15, 0.2) is 12.1 Å². The lowest BCUT2D eigenvalue weighted by atomic mass is 9.84. The first-order valence-electron chi connectivity index (χ1n) is 7.02. The fraction of sp³-hybridized carbons (Fsp3) is 0.500. The van der Waals surface area contributed by atoms with Crippen LogP contribution in [0.5, 0.6) is 0 Å². The van der Waals surface area contributed by atoms with Gasteiger partial charge in [0.15, 0.2) is 0 Å². The summed E-state index contributed by atoms with van der Waals surface area (Å²) in [6.07, 6.45) is 5.66. The Balaban J connectivity index is 2.07. The van der Waals surface area contributed by atoms with Crippen molar-refractivity contribution in [3.05, 3.63) is 34.4 Å². The van der Waals surface area contributed by atoms with Gasteiger partial charge >= 0.3 is 0 Å². The molecule has 19 heavy (non-hydrogen) atoms. The third kappa shape index (κ3) is 2.02. The standard InChI is InChI=1S/C16H18N2O/c1-11(19)18-7-6-14-8-12-4-2-3-5-13(12)9-15(14)16(18)10-17/h8-9,16H,2-7H2,1H3. The van der Waals surface area contributed by atoms with E-state index < -0.39 is 6.04 Å². The first kappa shape index (κ1) is 12.2. The fourth-order valence-corrected chi connectivity index (χ4v) is 3.34. The Hall–Kier alpha value is -1.82. The van der Waals surface area contributed by atoms with Crippen LogP contribution in [0.1, 0.15) is 48.1 Å². The van der Waals surface area contributed by atoms with E-state index in [4.69, 9.17) is 0 Å². The second-order valence-electron chi connectivity index (χ2n) is 5.52. The molecule has 0 fully saturated rings. The summed E-state index contributed by atoms with van der Waals surface area (Å²) >= 11 is 0. The number of rotatable bonds is 0. The average Bonchev–Trinajstić information content (AvgIpc) is 2.43. The van der Waals surface area contributed by atoms with Crippen molar-refractivity contribution < 1.29 is 4.79 Å². The largest absolute Gasteiger partial charge is 0.323 e. The highest BCUT2D eigenvalue weighted by atomic mass is 16.2. The van der Waals surface area contributed by atoms with E-state index in [1.807, 2.05) is 0 Å². The van der Waals surface area contributed by atoms with Crippen molar-refractivity contribution >= 4 is 5.91 Å². The van der Waals surface area contributed by atoms with Gasteiger partial charge in [0.05, 0.1) is 6.07 Å². The predicted molar refractivity (Wildman–Crippen MR) is 72.5 cm³/mol. The van der Waals surface area contributed by atoms with E-state index in [-0.39, 0.29) is 5.91 Å². The zero-order valence-corrected chi connectivity index (χ0v) is 11.3. The molecule has 0 N–H and O–H groups in total. The van der Waals surface area contributed by atoms with E-state index in [2.05, 4.69) is 18.2 Å². The first-order chi connectivity index (χ1) is 9.20. The number of hydrogen-bond donors (Lipinski definition) is 0. The maximum Gasteiger partial charge on any atom is 0.220 e. The summed E-state index contributed by atoms with van der Waals surface area (Å²) in [5.74, 6) is -0.00470. The Morgan fingerprint density at radius 1 is 1.21 bits per heavy atom. The van der Waals surface area contributed by atoms with Gasteiger partial charge in [-0.2, -0.15) is 5.26 Å². The molecule has 0 radical (unpaired) electrons. The highest BCUT2D eigenvalue weighted by molar-refractivity contribution is 5.75. The Bertz CT molecular complexity index is 571. The molecule has 1 amide bonds. The van der Waals surface area contributed by atoms with Crippen LogP contribution in [-0.2, 0) is 24.1 Å². The van der Waals surface area contributed by atoms with E-state index in [1.165, 1.54) is 29.5 Å². The van der Waals surface area contributed by atoms with Gasteiger partial charge in [0.2, 0.25) is 5.91 Å². The predicted octanol–water partition coefficient (Wildman–Crippen LogP) is 2.53. The molecule has 1 atom stereocenters. The van der Waals surface area contributed by atoms with Crippen molar-refractivity contribution in [2.75, 3.05) is 6.54 Å². The highest BCUT2D eigenvalue weighted by Crippen LogP contribution is 2.34. The molecule has 3 heteroatoms. The Labute approximate surface area is 113 Å². The zero-order chi connectivity index (χ0) is 13.4. The molecule has 1 aliphatic heterocycles. The molecule has 1 unspecified atom stereocenters. The van der Waals surface area contributed by atoms with Gasteiger partial charge in [-0.3, -0.25) is 4.79 Å². The normalized spacial score (nSPS) is 21.3. The van der Waals surface area contributed by atoms with E-state index in [9.17, 15) is 10.1 Å². The Kier molecular flexibility index (Phi) is 3.02. The minimum atomic E-state index is -0.395. The number of amides is 1. The topological polar surface area (TPSA) is 44.1 Å². The molecule has 1 aromatic carbocycles. The van der Waals surface area contributed by atoms with Crippen molar-refractivity contribution in [3.63, 3.8) is 0 Å². The molecule has 0 aromatic heterocycles. The number of nitriles is 1. The van der Waals surface area contributed by atoms with E-state index in [0.29, 0.717) is 6.54 Å². The number of fused-ring (bicyclic) bond motifs is 2. The average molecular weight is 254 g/mol. The molecule has 1 aromatic rings. The molecule has 0 spiro atoms. The van der Waals surface area contributed by atoms with Crippen LogP contribution in [0.2, 0.25) is 0 Å². The molecule has 3 rings (SSSR count). The number of aryl methyl sites for hydroxylation is 2. The van der Waals surface area contributed by atoms with Crippen molar-refractivity contribution in [1.82, 2.24) is 4.90 Å². The molecular weight excluding hydrogens is 236 g/mol. The van der Waals surface area contributed by atoms with Gasteiger partial charge < -0.3 is 4.90 Å². The maximum atomic E-state index is 11.6. The molecular formula is C16H18N2O. The van der Waals surface area contributed by atoms with Gasteiger partial charge in [0.1, 0.15) is 6.04 Å². The molecule has 0 saturated carbocycles. The minimum Gasteiger partial charge on any atom is -0.323 e. The number of carbonyl (C=O) groups excluding carboxylic acids is 1. The molecule has 98 valence electrons. The van der Waals surface area contributed by atoms with Gasteiger partial charge in [-0.1, -0.05) is 12.1 Å². The summed E-state index contributed by atoms with van der Waals surface area (Å²) < 4.78 is 0. The molecule has 3 nitrogen and oxygen atoms in total. The number of hydrogen-bond acceptors (Lipinski definition) is 2. The summed E-state index contributed by atoms with van der Waals surface area (Å²) in [4.78, 5) is 13.3. The van der Waals surface area contributed by atoms with Crippen LogP contribution in [0.4, 0.5) is 0 Å². The van der Waals surface area contributed by atoms with Gasteiger partial charge in [-0.15, -0.1) is 0 Å². The summed E-state index contributed by atoms with van der Waals surface area (Å²) in [5, 5.41) is 9.42. The Morgan fingerprint density at radius 2 is 1.89 bits per heavy atom. The summed E-state index contributed by atoms with van der Waals surface area (Å²) in [6.45, 7) is 2.22. The lowest BCUT2D eigenvalue weighted by molar-refractivity contribution is -0.130. The second-order valence-corrected chi connectivity index (χ2v) is 5.52. The molecule has 0 bridgehead atoms. The van der Waals surface area contributed by atoms with E-state index in [1.54, 1.807) is 11.8 Å². The van der Waals surface area contributed by atoms with Gasteiger partial charge in [-0.25, -0.2) is 0 Å². The summed E-state index contributed by atoms with van der Waals surface area (Å²) in [5.41, 5.74) is 5.17. The molecule has 1 aliphatic carbocycles.